The lowest BCUT2D eigenvalue weighted by atomic mass is 10.2. The number of rotatable bonds is 3. The molecule has 1 fully saturated rings. The number of H-pyrrole nitrogens is 1. The molecule has 0 aliphatic carbocycles. The van der Waals surface area contributed by atoms with Crippen molar-refractivity contribution in [1.82, 2.24) is 19.3 Å². The Bertz CT molecular complexity index is 942. The Labute approximate surface area is 159 Å². The Morgan fingerprint density at radius 2 is 2.12 bits per heavy atom. The van der Waals surface area contributed by atoms with E-state index in [-0.39, 0.29) is 6.04 Å². The topological polar surface area (TPSA) is 65.1 Å². The third-order valence-corrected chi connectivity index (χ3v) is 6.38. The molecule has 2 aromatic heterocycles. The predicted octanol–water partition coefficient (Wildman–Crippen LogP) is 3.03. The number of imidazole rings is 1. The average Bonchev–Trinajstić information content (AvgIpc) is 3.05. The van der Waals surface area contributed by atoms with Crippen LogP contribution in [0.1, 0.15) is 6.92 Å². The van der Waals surface area contributed by atoms with Crippen molar-refractivity contribution < 1.29 is 4.21 Å². The highest BCUT2D eigenvalue weighted by atomic mass is 35.5. The summed E-state index contributed by atoms with van der Waals surface area (Å²) in [6, 6.07) is 10.1. The van der Waals surface area contributed by atoms with Crippen molar-refractivity contribution in [2.75, 3.05) is 30.8 Å². The van der Waals surface area contributed by atoms with E-state index in [1.54, 1.807) is 12.5 Å². The van der Waals surface area contributed by atoms with Crippen LogP contribution in [0.5, 0.6) is 0 Å². The van der Waals surface area contributed by atoms with Crippen LogP contribution < -0.4 is 4.90 Å². The van der Waals surface area contributed by atoms with Crippen LogP contribution in [0.4, 0.5) is 5.82 Å². The molecular weight excluding hydrogens is 370 g/mol. The number of nitrogens with one attached hydrogen (secondary N) is 1. The van der Waals surface area contributed by atoms with Crippen LogP contribution in [0, 0.1) is 0 Å². The lowest BCUT2D eigenvalue weighted by Gasteiger charge is -2.36. The standard InChI is InChI=1S/C18H20ClN5OS/c1-12-11-23(7-8-24(12)26(2)25)17-9-13(14(19)10-20-17)18-21-15-5-3-4-6-16(15)22-18/h3-6,9-10,12H,7-8,11H2,1-2H3,(H,21,22)/p+1/t12-,26?/m0/s1. The second kappa shape index (κ2) is 6.98. The lowest BCUT2D eigenvalue weighted by Crippen LogP contribution is -2.52. The molecule has 0 radical (unpaired) electrons. The number of nitrogens with zero attached hydrogens (tertiary/aromatic N) is 4. The van der Waals surface area contributed by atoms with Crippen LogP contribution in [0.25, 0.3) is 22.4 Å². The molecule has 4 rings (SSSR count). The minimum absolute atomic E-state index is 0.212. The lowest BCUT2D eigenvalue weighted by molar-refractivity contribution is 0.320. The number of hydrogen-bond donors (Lipinski definition) is 1. The number of fused-ring (bicyclic) bond motifs is 1. The fraction of sp³-hybridized carbons (Fsp3) is 0.333. The molecule has 1 aliphatic rings. The minimum Gasteiger partial charge on any atom is -0.353 e. The Hall–Kier alpha value is -1.96. The first-order valence-electron chi connectivity index (χ1n) is 8.56. The summed E-state index contributed by atoms with van der Waals surface area (Å²) in [4.78, 5) is 14.7. The van der Waals surface area contributed by atoms with Gasteiger partial charge in [-0.25, -0.2) is 9.97 Å². The summed E-state index contributed by atoms with van der Waals surface area (Å²) in [5.74, 6) is 1.60. The van der Waals surface area contributed by atoms with Gasteiger partial charge in [0.25, 0.3) is 0 Å². The van der Waals surface area contributed by atoms with Gasteiger partial charge in [-0.05, 0) is 25.1 Å². The summed E-state index contributed by atoms with van der Waals surface area (Å²) in [5.41, 5.74) is 2.72. The van der Waals surface area contributed by atoms with Gasteiger partial charge < -0.3 is 9.88 Å². The number of thiol groups is 1. The molecule has 1 saturated heterocycles. The van der Waals surface area contributed by atoms with Crippen LogP contribution >= 0.6 is 11.6 Å². The molecule has 1 unspecified atom stereocenters. The molecule has 1 aromatic carbocycles. The van der Waals surface area contributed by atoms with Crippen molar-refractivity contribution in [3.8, 4) is 11.4 Å². The van der Waals surface area contributed by atoms with E-state index in [4.69, 9.17) is 11.6 Å². The van der Waals surface area contributed by atoms with E-state index >= 15 is 0 Å². The number of halogens is 1. The highest BCUT2D eigenvalue weighted by Crippen LogP contribution is 2.30. The molecule has 136 valence electrons. The highest BCUT2D eigenvalue weighted by molar-refractivity contribution is 7.81. The molecule has 8 heteroatoms. The van der Waals surface area contributed by atoms with Gasteiger partial charge in [-0.15, -0.1) is 4.31 Å². The van der Waals surface area contributed by atoms with Crippen LogP contribution in [-0.2, 0) is 15.2 Å². The van der Waals surface area contributed by atoms with Crippen molar-refractivity contribution >= 4 is 39.4 Å². The molecule has 2 atom stereocenters. The van der Waals surface area contributed by atoms with E-state index < -0.39 is 11.0 Å². The molecule has 1 N–H and O–H groups in total. The Balaban J connectivity index is 1.65. The number of aromatic nitrogens is 3. The third kappa shape index (κ3) is 3.22. The van der Waals surface area contributed by atoms with Crippen LogP contribution in [0.2, 0.25) is 5.02 Å². The van der Waals surface area contributed by atoms with Gasteiger partial charge in [0, 0.05) is 24.8 Å². The largest absolute Gasteiger partial charge is 0.353 e. The van der Waals surface area contributed by atoms with Gasteiger partial charge in [0.15, 0.2) is 0 Å². The maximum absolute atomic E-state index is 11.8. The summed E-state index contributed by atoms with van der Waals surface area (Å²) >= 11 is 6.40. The number of benzene rings is 1. The number of anilines is 1. The molecule has 0 spiro atoms. The zero-order chi connectivity index (χ0) is 18.3. The molecule has 26 heavy (non-hydrogen) atoms. The highest BCUT2D eigenvalue weighted by Gasteiger charge is 2.30. The van der Waals surface area contributed by atoms with Gasteiger partial charge in [0.2, 0.25) is 0 Å². The molecule has 3 aromatic rings. The second-order valence-electron chi connectivity index (χ2n) is 6.55. The Morgan fingerprint density at radius 3 is 2.85 bits per heavy atom. The Morgan fingerprint density at radius 1 is 1.31 bits per heavy atom. The summed E-state index contributed by atoms with van der Waals surface area (Å²) < 4.78 is 13.9. The third-order valence-electron chi connectivity index (χ3n) is 4.76. The number of piperazine rings is 1. The van der Waals surface area contributed by atoms with Crippen molar-refractivity contribution in [3.63, 3.8) is 0 Å². The normalized spacial score (nSPS) is 19.8. The zero-order valence-corrected chi connectivity index (χ0v) is 16.3. The maximum atomic E-state index is 11.8. The van der Waals surface area contributed by atoms with Crippen LogP contribution in [-0.4, -0.2) is 51.2 Å². The minimum atomic E-state index is -1.31. The summed E-state index contributed by atoms with van der Waals surface area (Å²) in [5, 5.41) is 0.566. The fourth-order valence-electron chi connectivity index (χ4n) is 3.44. The molecule has 0 bridgehead atoms. The van der Waals surface area contributed by atoms with E-state index in [1.165, 1.54) is 0 Å². The monoisotopic (exact) mass is 390 g/mol. The summed E-state index contributed by atoms with van der Waals surface area (Å²) in [6.45, 7) is 4.42. The van der Waals surface area contributed by atoms with E-state index in [0.29, 0.717) is 5.02 Å². The van der Waals surface area contributed by atoms with Crippen molar-refractivity contribution in [3.05, 3.63) is 41.6 Å². The number of para-hydroxylation sites is 2. The average molecular weight is 391 g/mol. The fourth-order valence-corrected chi connectivity index (χ4v) is 4.63. The predicted molar refractivity (Wildman–Crippen MR) is 108 cm³/mol. The van der Waals surface area contributed by atoms with E-state index in [1.807, 2.05) is 34.6 Å². The van der Waals surface area contributed by atoms with Gasteiger partial charge in [-0.1, -0.05) is 27.9 Å². The van der Waals surface area contributed by atoms with Crippen LogP contribution in [0.15, 0.2) is 36.5 Å². The summed E-state index contributed by atoms with van der Waals surface area (Å²) in [6.07, 6.45) is 3.44. The first-order chi connectivity index (χ1) is 12.5. The molecule has 6 nitrogen and oxygen atoms in total. The molecular formula is C18H21ClN5OS+. The second-order valence-corrected chi connectivity index (χ2v) is 8.40. The summed E-state index contributed by atoms with van der Waals surface area (Å²) in [7, 11) is -1.31. The SMILES string of the molecule is C[C@H]1CN(c2cc(-c3nc4ccccc4[nH]3)c(Cl)cn2)CCN1[SH+](C)=O. The van der Waals surface area contributed by atoms with Crippen molar-refractivity contribution in [1.29, 1.82) is 0 Å². The van der Waals surface area contributed by atoms with Gasteiger partial charge in [0.05, 0.1) is 28.6 Å². The van der Waals surface area contributed by atoms with Crippen LogP contribution in [0.3, 0.4) is 0 Å². The maximum Gasteiger partial charge on any atom is 0.142 e. The van der Waals surface area contributed by atoms with Gasteiger partial charge >= 0.3 is 0 Å². The molecule has 3 heterocycles. The number of pyridine rings is 1. The number of hydrogen-bond acceptors (Lipinski definition) is 4. The zero-order valence-electron chi connectivity index (χ0n) is 14.7. The smallest absolute Gasteiger partial charge is 0.142 e. The van der Waals surface area contributed by atoms with Gasteiger partial charge in [0.1, 0.15) is 28.9 Å². The van der Waals surface area contributed by atoms with E-state index in [9.17, 15) is 4.21 Å². The molecule has 0 amide bonds. The van der Waals surface area contributed by atoms with Gasteiger partial charge in [-0.3, -0.25) is 0 Å². The molecule has 0 saturated carbocycles. The number of aromatic amines is 1. The van der Waals surface area contributed by atoms with Crippen molar-refractivity contribution in [2.24, 2.45) is 0 Å². The van der Waals surface area contributed by atoms with Gasteiger partial charge in [-0.2, -0.15) is 0 Å². The van der Waals surface area contributed by atoms with Crippen molar-refractivity contribution in [2.45, 2.75) is 13.0 Å². The first-order valence-corrected chi connectivity index (χ1v) is 10.6. The Kier molecular flexibility index (Phi) is 4.69. The first kappa shape index (κ1) is 17.5. The quantitative estimate of drug-likeness (QED) is 0.551. The van der Waals surface area contributed by atoms with E-state index in [0.717, 1.165) is 47.9 Å². The molecule has 1 aliphatic heterocycles. The van der Waals surface area contributed by atoms with E-state index in [2.05, 4.69) is 26.8 Å².